The molecule has 7 heavy (non-hydrogen) atoms. The first-order chi connectivity index (χ1) is 3.18. The maximum atomic E-state index is 6.84. The van der Waals surface area contributed by atoms with Crippen LogP contribution in [0.2, 0.25) is 0 Å². The Morgan fingerprint density at radius 1 is 1.86 bits per heavy atom. The van der Waals surface area contributed by atoms with Gasteiger partial charge in [0, 0.05) is 0 Å². The van der Waals surface area contributed by atoms with Gasteiger partial charge in [-0.1, -0.05) is 0 Å². The number of rotatable bonds is 1. The Morgan fingerprint density at radius 3 is 2.29 bits per heavy atom. The largest absolute Gasteiger partial charge is 0.322 e. The molecule has 3 nitrogen and oxygen atoms in total. The molecule has 4 heteroatoms. The summed E-state index contributed by atoms with van der Waals surface area (Å²) in [6.07, 6.45) is 0. The molecule has 0 aromatic rings. The van der Waals surface area contributed by atoms with Gasteiger partial charge in [0.2, 0.25) is 0 Å². The summed E-state index contributed by atoms with van der Waals surface area (Å²) in [5, 5.41) is 10.0. The molecule has 0 fully saturated rings. The maximum absolute atomic E-state index is 6.84. The van der Waals surface area contributed by atoms with Crippen LogP contribution in [0.5, 0.6) is 0 Å². The van der Waals surface area contributed by atoms with Gasteiger partial charge >= 0.3 is 0 Å². The van der Waals surface area contributed by atoms with E-state index in [1.807, 2.05) is 0 Å². The van der Waals surface area contributed by atoms with Crippen molar-refractivity contribution in [3.8, 4) is 0 Å². The molecule has 0 aromatic carbocycles. The number of nitrogens with two attached hydrogens (primary N) is 1. The molecular formula is C3H6BrN3. The molecule has 0 rings (SSSR count). The molecule has 0 spiro atoms. The van der Waals surface area contributed by atoms with E-state index in [2.05, 4.69) is 21.0 Å². The molecule has 0 aliphatic carbocycles. The summed E-state index contributed by atoms with van der Waals surface area (Å²) < 4.78 is 0.396. The zero-order valence-electron chi connectivity index (χ0n) is 3.90. The molecule has 0 saturated carbocycles. The molecule has 0 atom stereocenters. The molecule has 0 aliphatic heterocycles. The fraction of sp³-hybridized carbons (Fsp3) is 0.333. The van der Waals surface area contributed by atoms with Gasteiger partial charge in [0.15, 0.2) is 0 Å². The third-order valence-electron chi connectivity index (χ3n) is 0.423. The summed E-state index contributed by atoms with van der Waals surface area (Å²) in [5.41, 5.74) is 0.336. The van der Waals surface area contributed by atoms with Crippen LogP contribution in [0.4, 0.5) is 0 Å². The van der Waals surface area contributed by atoms with E-state index >= 15 is 0 Å². The van der Waals surface area contributed by atoms with Crippen molar-refractivity contribution in [3.05, 3.63) is 0 Å². The van der Waals surface area contributed by atoms with Crippen LogP contribution in [0.15, 0.2) is 5.10 Å². The van der Waals surface area contributed by atoms with E-state index in [1.165, 1.54) is 0 Å². The van der Waals surface area contributed by atoms with Crippen molar-refractivity contribution in [2.45, 2.75) is 6.92 Å². The van der Waals surface area contributed by atoms with Gasteiger partial charge in [-0.2, -0.15) is 5.10 Å². The highest BCUT2D eigenvalue weighted by Gasteiger charge is 1.90. The third kappa shape index (κ3) is 2.33. The fourth-order valence-corrected chi connectivity index (χ4v) is 0.0968. The zero-order chi connectivity index (χ0) is 5.86. The monoisotopic (exact) mass is 163 g/mol. The summed E-state index contributed by atoms with van der Waals surface area (Å²) in [6.45, 7) is 1.60. The number of halogens is 1. The molecule has 0 bridgehead atoms. The average molecular weight is 164 g/mol. The summed E-state index contributed by atoms with van der Waals surface area (Å²) in [4.78, 5) is 0. The second-order valence-electron chi connectivity index (χ2n) is 1.04. The summed E-state index contributed by atoms with van der Waals surface area (Å²) in [5.74, 6) is 4.77. The van der Waals surface area contributed by atoms with Crippen molar-refractivity contribution >= 4 is 26.3 Å². The lowest BCUT2D eigenvalue weighted by Crippen LogP contribution is -2.01. The van der Waals surface area contributed by atoms with Gasteiger partial charge in [0.05, 0.1) is 5.71 Å². The second kappa shape index (κ2) is 2.74. The maximum Gasteiger partial charge on any atom is 0.146 e. The van der Waals surface area contributed by atoms with E-state index in [0.29, 0.717) is 10.3 Å². The number of nitrogens with one attached hydrogen (secondary N) is 1. The number of nitrogens with zero attached hydrogens (tertiary/aromatic N) is 1. The minimum Gasteiger partial charge on any atom is -0.322 e. The van der Waals surface area contributed by atoms with Crippen molar-refractivity contribution in [1.82, 2.24) is 0 Å². The minimum atomic E-state index is 0.336. The normalized spacial score (nSPS) is 11.4. The standard InChI is InChI=1S/C3H6BrN3/c1-2(5)3(4)7-6/h5H,6H2,1H3/b5-2?,7-3+. The Hall–Kier alpha value is -0.380. The first-order valence-corrected chi connectivity index (χ1v) is 2.46. The smallest absolute Gasteiger partial charge is 0.146 e. The van der Waals surface area contributed by atoms with Gasteiger partial charge in [-0.15, -0.1) is 0 Å². The Morgan fingerprint density at radius 2 is 2.29 bits per heavy atom. The molecule has 0 radical (unpaired) electrons. The van der Waals surface area contributed by atoms with Crippen LogP contribution in [-0.2, 0) is 0 Å². The van der Waals surface area contributed by atoms with Gasteiger partial charge in [0.1, 0.15) is 4.62 Å². The van der Waals surface area contributed by atoms with Crippen molar-refractivity contribution in [2.75, 3.05) is 0 Å². The van der Waals surface area contributed by atoms with Gasteiger partial charge in [-0.25, -0.2) is 0 Å². The molecule has 0 heterocycles. The lowest BCUT2D eigenvalue weighted by Gasteiger charge is -1.85. The summed E-state index contributed by atoms with van der Waals surface area (Å²) >= 11 is 2.94. The predicted octanol–water partition coefficient (Wildman–Crippen LogP) is 0.693. The lowest BCUT2D eigenvalue weighted by atomic mass is 10.5. The van der Waals surface area contributed by atoms with Gasteiger partial charge in [0.25, 0.3) is 0 Å². The molecule has 0 aromatic heterocycles. The Bertz CT molecular complexity index is 107. The highest BCUT2D eigenvalue weighted by Crippen LogP contribution is 1.87. The minimum absolute atomic E-state index is 0.336. The zero-order valence-corrected chi connectivity index (χ0v) is 5.49. The first kappa shape index (κ1) is 6.62. The van der Waals surface area contributed by atoms with E-state index < -0.39 is 0 Å². The van der Waals surface area contributed by atoms with Crippen LogP contribution in [0.3, 0.4) is 0 Å². The predicted molar refractivity (Wildman–Crippen MR) is 34.0 cm³/mol. The molecule has 0 unspecified atom stereocenters. The van der Waals surface area contributed by atoms with Crippen molar-refractivity contribution < 1.29 is 0 Å². The topological polar surface area (TPSA) is 62.2 Å². The van der Waals surface area contributed by atoms with Crippen molar-refractivity contribution in [1.29, 1.82) is 5.41 Å². The van der Waals surface area contributed by atoms with Crippen molar-refractivity contribution in [2.24, 2.45) is 10.9 Å². The highest BCUT2D eigenvalue weighted by molar-refractivity contribution is 9.19. The van der Waals surface area contributed by atoms with E-state index in [4.69, 9.17) is 11.3 Å². The second-order valence-corrected chi connectivity index (χ2v) is 1.80. The molecule has 40 valence electrons. The van der Waals surface area contributed by atoms with E-state index in [1.54, 1.807) is 6.92 Å². The Balaban J connectivity index is 3.82. The lowest BCUT2D eigenvalue weighted by molar-refractivity contribution is 1.26. The Kier molecular flexibility index (Phi) is 2.59. The van der Waals surface area contributed by atoms with Crippen molar-refractivity contribution in [3.63, 3.8) is 0 Å². The quantitative estimate of drug-likeness (QED) is 0.334. The Labute approximate surface area is 50.2 Å². The van der Waals surface area contributed by atoms with Gasteiger partial charge in [-0.3, -0.25) is 0 Å². The number of hydrogen-bond acceptors (Lipinski definition) is 3. The van der Waals surface area contributed by atoms with Crippen LogP contribution in [-0.4, -0.2) is 10.3 Å². The van der Waals surface area contributed by atoms with Crippen LogP contribution < -0.4 is 5.84 Å². The molecule has 0 amide bonds. The molecular weight excluding hydrogens is 158 g/mol. The van der Waals surface area contributed by atoms with E-state index in [9.17, 15) is 0 Å². The highest BCUT2D eigenvalue weighted by atomic mass is 79.9. The number of hydrazone groups is 1. The molecule has 3 N–H and O–H groups in total. The fourth-order valence-electron chi connectivity index (χ4n) is 0.0968. The van der Waals surface area contributed by atoms with Gasteiger partial charge < -0.3 is 11.3 Å². The summed E-state index contributed by atoms with van der Waals surface area (Å²) in [7, 11) is 0. The molecule has 0 saturated heterocycles. The van der Waals surface area contributed by atoms with Gasteiger partial charge in [-0.05, 0) is 22.9 Å². The SMILES string of the molecule is CC(=N)/C(Br)=N\N. The summed E-state index contributed by atoms with van der Waals surface area (Å²) in [6, 6.07) is 0. The average Bonchev–Trinajstić information content (AvgIpc) is 1.65. The van der Waals surface area contributed by atoms with Crippen LogP contribution in [0, 0.1) is 5.41 Å². The van der Waals surface area contributed by atoms with E-state index in [0.717, 1.165) is 0 Å². The number of hydrogen-bond donors (Lipinski definition) is 2. The van der Waals surface area contributed by atoms with Crippen LogP contribution >= 0.6 is 15.9 Å². The van der Waals surface area contributed by atoms with Crippen LogP contribution in [0.25, 0.3) is 0 Å². The first-order valence-electron chi connectivity index (χ1n) is 1.67. The third-order valence-corrected chi connectivity index (χ3v) is 1.22. The van der Waals surface area contributed by atoms with E-state index in [-0.39, 0.29) is 0 Å². The molecule has 0 aliphatic rings. The van der Waals surface area contributed by atoms with Crippen LogP contribution in [0.1, 0.15) is 6.92 Å².